The summed E-state index contributed by atoms with van der Waals surface area (Å²) in [7, 11) is 0. The average molecular weight is 439 g/mol. The largest absolute Gasteiger partial charge is 0.335 e. The molecule has 1 aromatic heterocycles. The van der Waals surface area contributed by atoms with Crippen LogP contribution in [0.5, 0.6) is 0 Å². The van der Waals surface area contributed by atoms with Crippen LogP contribution in [0.4, 0.5) is 5.69 Å². The van der Waals surface area contributed by atoms with Crippen molar-refractivity contribution >= 4 is 28.4 Å². The van der Waals surface area contributed by atoms with Gasteiger partial charge in [0.25, 0.3) is 11.5 Å². The normalized spacial score (nSPS) is 30.6. The van der Waals surface area contributed by atoms with Crippen molar-refractivity contribution in [1.29, 1.82) is 0 Å². The number of anilines is 1. The van der Waals surface area contributed by atoms with Crippen molar-refractivity contribution < 1.29 is 14.3 Å². The summed E-state index contributed by atoms with van der Waals surface area (Å²) in [4.78, 5) is 50.5. The summed E-state index contributed by atoms with van der Waals surface area (Å²) in [6.45, 7) is 4.18. The molecule has 3 fully saturated rings. The van der Waals surface area contributed by atoms with Crippen molar-refractivity contribution in [3.05, 3.63) is 82.5 Å². The van der Waals surface area contributed by atoms with E-state index in [0.717, 1.165) is 11.3 Å². The van der Waals surface area contributed by atoms with Crippen LogP contribution < -0.4 is 10.5 Å². The van der Waals surface area contributed by atoms with Crippen molar-refractivity contribution in [2.75, 3.05) is 11.6 Å². The molecule has 9 rings (SSSR count). The highest BCUT2D eigenvalue weighted by molar-refractivity contribution is 6.10. The number of carbonyl (C=O) groups is 2. The van der Waals surface area contributed by atoms with Crippen molar-refractivity contribution in [3.8, 4) is 0 Å². The fourth-order valence-electron chi connectivity index (χ4n) is 6.38. The Labute approximate surface area is 187 Å². The number of hydrogen-bond donors (Lipinski definition) is 0. The first-order valence-corrected chi connectivity index (χ1v) is 10.9. The first-order valence-electron chi connectivity index (χ1n) is 10.9. The molecule has 9 heteroatoms. The summed E-state index contributed by atoms with van der Waals surface area (Å²) in [5, 5.41) is 0.471. The van der Waals surface area contributed by atoms with Crippen LogP contribution in [0.3, 0.4) is 0 Å². The Balaban J connectivity index is 1.47. The van der Waals surface area contributed by atoms with E-state index in [1.807, 2.05) is 35.2 Å². The number of carbonyl (C=O) groups excluding carboxylic acids is 2. The lowest BCUT2D eigenvalue weighted by Crippen LogP contribution is -2.56. The fourth-order valence-corrected chi connectivity index (χ4v) is 6.38. The van der Waals surface area contributed by atoms with Gasteiger partial charge in [0.1, 0.15) is 17.8 Å². The van der Waals surface area contributed by atoms with E-state index in [0.29, 0.717) is 22.4 Å². The predicted molar refractivity (Wildman–Crippen MR) is 116 cm³/mol. The smallest absolute Gasteiger partial charge is 0.275 e. The number of benzene rings is 2. The molecule has 0 radical (unpaired) electrons. The van der Waals surface area contributed by atoms with Gasteiger partial charge in [-0.2, -0.15) is 0 Å². The molecule has 4 atom stereocenters. The quantitative estimate of drug-likeness (QED) is 0.494. The van der Waals surface area contributed by atoms with Gasteiger partial charge in [0.05, 0.1) is 29.0 Å². The maximum Gasteiger partial charge on any atom is 0.275 e. The van der Waals surface area contributed by atoms with Crippen molar-refractivity contribution in [1.82, 2.24) is 19.4 Å². The number of aromatic nitrogens is 2. The number of amides is 2. The van der Waals surface area contributed by atoms with Crippen LogP contribution in [-0.4, -0.2) is 44.0 Å². The van der Waals surface area contributed by atoms with E-state index in [4.69, 9.17) is 9.72 Å². The highest BCUT2D eigenvalue weighted by atomic mass is 16.5. The third-order valence-electron chi connectivity index (χ3n) is 7.73. The van der Waals surface area contributed by atoms with Gasteiger partial charge in [-0.15, -0.1) is 0 Å². The van der Waals surface area contributed by atoms with E-state index in [1.165, 1.54) is 4.57 Å². The first-order chi connectivity index (χ1) is 16.0. The van der Waals surface area contributed by atoms with Crippen molar-refractivity contribution in [3.63, 3.8) is 0 Å². The zero-order valence-corrected chi connectivity index (χ0v) is 17.3. The van der Waals surface area contributed by atoms with Gasteiger partial charge in [-0.3, -0.25) is 28.8 Å². The SMILES string of the molecule is C=C1C(=O)N2c3ccccc3[C@@]34C[C@H]5C(=O)N(CN1[C@H]23)[C@@H](O4)c1nc2ccccc2c(=O)n15. The second kappa shape index (κ2) is 5.32. The third-order valence-corrected chi connectivity index (χ3v) is 7.73. The molecule has 2 aromatic carbocycles. The van der Waals surface area contributed by atoms with Gasteiger partial charge >= 0.3 is 0 Å². The Morgan fingerprint density at radius 2 is 1.82 bits per heavy atom. The van der Waals surface area contributed by atoms with Crippen molar-refractivity contribution in [2.24, 2.45) is 0 Å². The zero-order chi connectivity index (χ0) is 22.2. The molecule has 7 heterocycles. The minimum Gasteiger partial charge on any atom is -0.335 e. The van der Waals surface area contributed by atoms with Gasteiger partial charge in [0.15, 0.2) is 12.1 Å². The molecule has 0 saturated carbocycles. The molecule has 3 saturated heterocycles. The van der Waals surface area contributed by atoms with E-state index in [2.05, 4.69) is 6.58 Å². The zero-order valence-electron chi connectivity index (χ0n) is 17.3. The highest BCUT2D eigenvalue weighted by Crippen LogP contribution is 2.61. The van der Waals surface area contributed by atoms with Gasteiger partial charge < -0.3 is 9.64 Å². The predicted octanol–water partition coefficient (Wildman–Crippen LogP) is 1.57. The lowest BCUT2D eigenvalue weighted by atomic mass is 9.85. The maximum absolute atomic E-state index is 13.7. The molecule has 6 aliphatic rings. The lowest BCUT2D eigenvalue weighted by Gasteiger charge is -2.41. The summed E-state index contributed by atoms with van der Waals surface area (Å²) in [6, 6.07) is 14.0. The van der Waals surface area contributed by atoms with Gasteiger partial charge in [-0.05, 0) is 18.2 Å². The molecular formula is C24H17N5O4. The monoisotopic (exact) mass is 439 g/mol. The van der Waals surface area contributed by atoms with Crippen LogP contribution in [0.1, 0.15) is 30.1 Å². The number of hydrogen-bond acceptors (Lipinski definition) is 6. The van der Waals surface area contributed by atoms with Crippen LogP contribution in [0.2, 0.25) is 0 Å². The minimum atomic E-state index is -1.01. The second-order valence-corrected chi connectivity index (χ2v) is 9.17. The van der Waals surface area contributed by atoms with Gasteiger partial charge in [0.2, 0.25) is 5.91 Å². The molecule has 33 heavy (non-hydrogen) atoms. The molecular weight excluding hydrogens is 422 g/mol. The molecule has 0 N–H and O–H groups in total. The number of nitrogens with zero attached hydrogens (tertiary/aromatic N) is 5. The Bertz CT molecular complexity index is 1550. The van der Waals surface area contributed by atoms with E-state index < -0.39 is 24.0 Å². The standard InChI is InChI=1S/C24H17N5O4/c1-12-19(30)29-16-9-5-3-7-14(16)24-10-17-21(32)27(11-26(12)23(24)29)22(33-24)18-25-15-8-4-2-6-13(15)20(31)28(17)18/h2-9,17,22-23H,1,10-11H2/t17-,22-,23+,24-/m0/s1. The third kappa shape index (κ3) is 1.75. The molecule has 2 amide bonds. The average Bonchev–Trinajstić information content (AvgIpc) is 3.03. The molecule has 9 nitrogen and oxygen atoms in total. The van der Waals surface area contributed by atoms with Crippen LogP contribution in [-0.2, 0) is 19.9 Å². The number of ether oxygens (including phenoxy) is 1. The summed E-state index contributed by atoms with van der Waals surface area (Å²) in [5.41, 5.74) is 1.26. The number of fused-ring (bicyclic) bond motifs is 3. The summed E-state index contributed by atoms with van der Waals surface area (Å²) in [6.07, 6.45) is -1.10. The van der Waals surface area contributed by atoms with Crippen LogP contribution in [0.25, 0.3) is 10.9 Å². The van der Waals surface area contributed by atoms with Gasteiger partial charge in [-0.25, -0.2) is 4.98 Å². The van der Waals surface area contributed by atoms with E-state index in [1.54, 1.807) is 28.0 Å². The lowest BCUT2D eigenvalue weighted by molar-refractivity contribution is -0.162. The van der Waals surface area contributed by atoms with Crippen LogP contribution >= 0.6 is 0 Å². The Kier molecular flexibility index (Phi) is 2.83. The molecule has 6 aliphatic heterocycles. The van der Waals surface area contributed by atoms with Gasteiger partial charge in [-0.1, -0.05) is 36.9 Å². The van der Waals surface area contributed by atoms with E-state index >= 15 is 0 Å². The summed E-state index contributed by atoms with van der Waals surface area (Å²) in [5.74, 6) is 0.0271. The topological polar surface area (TPSA) is 88.0 Å². The minimum absolute atomic E-state index is 0.143. The van der Waals surface area contributed by atoms with Crippen LogP contribution in [0, 0.1) is 0 Å². The molecule has 0 unspecified atom stereocenters. The second-order valence-electron chi connectivity index (χ2n) is 9.17. The van der Waals surface area contributed by atoms with E-state index in [-0.39, 0.29) is 30.5 Å². The number of para-hydroxylation sites is 2. The Hall–Kier alpha value is -3.98. The highest BCUT2D eigenvalue weighted by Gasteiger charge is 2.68. The maximum atomic E-state index is 13.7. The van der Waals surface area contributed by atoms with E-state index in [9.17, 15) is 14.4 Å². The molecule has 4 bridgehead atoms. The Morgan fingerprint density at radius 1 is 1.03 bits per heavy atom. The summed E-state index contributed by atoms with van der Waals surface area (Å²) >= 11 is 0. The van der Waals surface area contributed by atoms with Crippen LogP contribution in [0.15, 0.2) is 65.6 Å². The molecule has 162 valence electrons. The molecule has 0 aliphatic carbocycles. The molecule has 1 spiro atoms. The summed E-state index contributed by atoms with van der Waals surface area (Å²) < 4.78 is 8.37. The Morgan fingerprint density at radius 3 is 2.70 bits per heavy atom. The molecule has 3 aromatic rings. The van der Waals surface area contributed by atoms with Crippen molar-refractivity contribution in [2.45, 2.75) is 30.5 Å². The number of rotatable bonds is 0. The van der Waals surface area contributed by atoms with Gasteiger partial charge in [0, 0.05) is 12.0 Å². The first kappa shape index (κ1) is 17.6. The fraction of sp³-hybridized carbons (Fsp3) is 0.250.